The lowest BCUT2D eigenvalue weighted by molar-refractivity contribution is -0.141. The highest BCUT2D eigenvalue weighted by Gasteiger charge is 2.32. The van der Waals surface area contributed by atoms with E-state index < -0.39 is 5.97 Å². The van der Waals surface area contributed by atoms with E-state index in [1.807, 2.05) is 29.2 Å². The van der Waals surface area contributed by atoms with Gasteiger partial charge in [-0.25, -0.2) is 0 Å². The lowest BCUT2D eigenvalue weighted by Crippen LogP contribution is -2.34. The van der Waals surface area contributed by atoms with Crippen molar-refractivity contribution in [3.05, 3.63) is 29.8 Å². The van der Waals surface area contributed by atoms with E-state index in [4.69, 9.17) is 9.84 Å². The van der Waals surface area contributed by atoms with E-state index in [9.17, 15) is 9.59 Å². The third-order valence-corrected chi connectivity index (χ3v) is 6.35. The number of carboxylic acids is 1. The zero-order valence-corrected chi connectivity index (χ0v) is 15.1. The molecule has 0 radical (unpaired) electrons. The number of aliphatic carboxylic acids is 1. The minimum Gasteiger partial charge on any atom is -0.490 e. The predicted octanol–water partition coefficient (Wildman–Crippen LogP) is 3.58. The molecule has 5 heteroatoms. The molecule has 0 spiro atoms. The van der Waals surface area contributed by atoms with Crippen LogP contribution in [0.15, 0.2) is 24.3 Å². The Morgan fingerprint density at radius 2 is 1.54 bits per heavy atom. The molecule has 2 saturated heterocycles. The van der Waals surface area contributed by atoms with Crippen LogP contribution in [0.2, 0.25) is 0 Å². The SMILES string of the molecule is O=C(O)C1CCC(Oc2ccc(C(=O)N3CC4CCC(CC4)C3)cc2)C1. The molecule has 1 N–H and O–H groups in total. The van der Waals surface area contributed by atoms with Gasteiger partial charge in [-0.05, 0) is 81.0 Å². The van der Waals surface area contributed by atoms with Gasteiger partial charge in [0.05, 0.1) is 12.0 Å². The highest BCUT2D eigenvalue weighted by atomic mass is 16.5. The smallest absolute Gasteiger partial charge is 0.306 e. The normalized spacial score (nSPS) is 30.8. The number of nitrogens with zero attached hydrogens (tertiary/aromatic N) is 1. The molecule has 2 unspecified atom stereocenters. The Labute approximate surface area is 154 Å². The number of carbonyl (C=O) groups is 2. The Morgan fingerprint density at radius 3 is 2.08 bits per heavy atom. The number of hydrogen-bond donors (Lipinski definition) is 1. The Balaban J connectivity index is 1.37. The minimum absolute atomic E-state index is 0.0427. The van der Waals surface area contributed by atoms with Gasteiger partial charge in [0.1, 0.15) is 5.75 Å². The second kappa shape index (κ2) is 7.29. The highest BCUT2D eigenvalue weighted by molar-refractivity contribution is 5.94. The van der Waals surface area contributed by atoms with Crippen LogP contribution in [0.3, 0.4) is 0 Å². The first-order valence-corrected chi connectivity index (χ1v) is 9.87. The van der Waals surface area contributed by atoms with Crippen LogP contribution >= 0.6 is 0 Å². The number of benzene rings is 1. The number of ether oxygens (including phenoxy) is 1. The van der Waals surface area contributed by atoms with Gasteiger partial charge in [-0.2, -0.15) is 0 Å². The Morgan fingerprint density at radius 1 is 0.923 bits per heavy atom. The van der Waals surface area contributed by atoms with Crippen molar-refractivity contribution in [2.24, 2.45) is 17.8 Å². The Kier molecular flexibility index (Phi) is 4.88. The summed E-state index contributed by atoms with van der Waals surface area (Å²) in [5.41, 5.74) is 0.716. The van der Waals surface area contributed by atoms with E-state index in [1.54, 1.807) is 0 Å². The van der Waals surface area contributed by atoms with Crippen LogP contribution in [0.5, 0.6) is 5.75 Å². The molecule has 1 aromatic rings. The summed E-state index contributed by atoms with van der Waals surface area (Å²) in [6.45, 7) is 1.79. The fraction of sp³-hybridized carbons (Fsp3) is 0.619. The van der Waals surface area contributed by atoms with Gasteiger partial charge in [0.25, 0.3) is 5.91 Å². The fourth-order valence-electron chi connectivity index (χ4n) is 4.78. The van der Waals surface area contributed by atoms with Gasteiger partial charge in [0, 0.05) is 18.7 Å². The third kappa shape index (κ3) is 3.71. The van der Waals surface area contributed by atoms with Gasteiger partial charge in [0.2, 0.25) is 0 Å². The lowest BCUT2D eigenvalue weighted by Gasteiger charge is -2.23. The number of rotatable bonds is 4. The van der Waals surface area contributed by atoms with Crippen LogP contribution in [0, 0.1) is 17.8 Å². The summed E-state index contributed by atoms with van der Waals surface area (Å²) < 4.78 is 5.91. The maximum Gasteiger partial charge on any atom is 0.306 e. The van der Waals surface area contributed by atoms with Crippen molar-refractivity contribution in [2.45, 2.75) is 51.0 Å². The first-order chi connectivity index (χ1) is 12.6. The monoisotopic (exact) mass is 357 g/mol. The van der Waals surface area contributed by atoms with Gasteiger partial charge in [0.15, 0.2) is 0 Å². The highest BCUT2D eigenvalue weighted by Crippen LogP contribution is 2.34. The number of fused-ring (bicyclic) bond motifs is 4. The molecule has 1 amide bonds. The first kappa shape index (κ1) is 17.4. The zero-order chi connectivity index (χ0) is 18.1. The topological polar surface area (TPSA) is 66.8 Å². The molecular weight excluding hydrogens is 330 g/mol. The van der Waals surface area contributed by atoms with Crippen LogP contribution in [0.25, 0.3) is 0 Å². The van der Waals surface area contributed by atoms with Gasteiger partial charge in [-0.3, -0.25) is 9.59 Å². The van der Waals surface area contributed by atoms with Crippen molar-refractivity contribution in [3.63, 3.8) is 0 Å². The first-order valence-electron chi connectivity index (χ1n) is 9.87. The van der Waals surface area contributed by atoms with Crippen molar-refractivity contribution < 1.29 is 19.4 Å². The van der Waals surface area contributed by atoms with Crippen LogP contribution in [-0.4, -0.2) is 41.1 Å². The molecule has 2 atom stereocenters. The lowest BCUT2D eigenvalue weighted by atomic mass is 9.84. The second-order valence-electron chi connectivity index (χ2n) is 8.21. The van der Waals surface area contributed by atoms with Crippen molar-refractivity contribution in [1.29, 1.82) is 0 Å². The zero-order valence-electron chi connectivity index (χ0n) is 15.1. The molecule has 140 valence electrons. The maximum absolute atomic E-state index is 12.9. The molecule has 26 heavy (non-hydrogen) atoms. The molecule has 2 bridgehead atoms. The van der Waals surface area contributed by atoms with E-state index in [2.05, 4.69) is 0 Å². The van der Waals surface area contributed by atoms with Crippen LogP contribution in [0.4, 0.5) is 0 Å². The number of carboxylic acid groups (broad SMARTS) is 1. The van der Waals surface area contributed by atoms with Gasteiger partial charge in [-0.1, -0.05) is 0 Å². The summed E-state index contributed by atoms with van der Waals surface area (Å²) in [7, 11) is 0. The van der Waals surface area contributed by atoms with Crippen molar-refractivity contribution in [2.75, 3.05) is 13.1 Å². The summed E-state index contributed by atoms with van der Waals surface area (Å²) in [6.07, 6.45) is 7.02. The molecule has 5 nitrogen and oxygen atoms in total. The summed E-state index contributed by atoms with van der Waals surface area (Å²) in [5.74, 6) is 1.16. The molecule has 0 aromatic heterocycles. The summed E-state index contributed by atoms with van der Waals surface area (Å²) >= 11 is 0. The average Bonchev–Trinajstić information content (AvgIpc) is 2.91. The van der Waals surface area contributed by atoms with Gasteiger partial charge < -0.3 is 14.7 Å². The largest absolute Gasteiger partial charge is 0.490 e. The maximum atomic E-state index is 12.9. The quantitative estimate of drug-likeness (QED) is 0.894. The number of carbonyl (C=O) groups excluding carboxylic acids is 1. The van der Waals surface area contributed by atoms with E-state index in [-0.39, 0.29) is 17.9 Å². The van der Waals surface area contributed by atoms with Gasteiger partial charge >= 0.3 is 5.97 Å². The van der Waals surface area contributed by atoms with Crippen molar-refractivity contribution >= 4 is 11.9 Å². The molecule has 4 fully saturated rings. The molecule has 1 aromatic carbocycles. The minimum atomic E-state index is -0.733. The van der Waals surface area contributed by atoms with E-state index >= 15 is 0 Å². The average molecular weight is 357 g/mol. The molecule has 2 heterocycles. The summed E-state index contributed by atoms with van der Waals surface area (Å²) in [6, 6.07) is 7.36. The van der Waals surface area contributed by atoms with Crippen molar-refractivity contribution in [1.82, 2.24) is 4.90 Å². The van der Waals surface area contributed by atoms with Crippen LogP contribution in [-0.2, 0) is 4.79 Å². The summed E-state index contributed by atoms with van der Waals surface area (Å²) in [4.78, 5) is 26.0. The predicted molar refractivity (Wildman–Crippen MR) is 97.2 cm³/mol. The van der Waals surface area contributed by atoms with E-state index in [0.717, 1.165) is 19.5 Å². The Bertz CT molecular complexity index is 649. The fourth-order valence-corrected chi connectivity index (χ4v) is 4.78. The number of amides is 1. The van der Waals surface area contributed by atoms with Crippen LogP contribution < -0.4 is 4.74 Å². The molecule has 2 saturated carbocycles. The summed E-state index contributed by atoms with van der Waals surface area (Å²) in [5, 5.41) is 9.08. The van der Waals surface area contributed by atoms with Gasteiger partial charge in [-0.15, -0.1) is 0 Å². The molecule has 2 aliphatic heterocycles. The molecule has 2 aliphatic carbocycles. The Hall–Kier alpha value is -2.04. The van der Waals surface area contributed by atoms with E-state index in [1.165, 1.54) is 25.7 Å². The second-order valence-corrected chi connectivity index (χ2v) is 8.21. The van der Waals surface area contributed by atoms with Crippen LogP contribution in [0.1, 0.15) is 55.3 Å². The van der Waals surface area contributed by atoms with Crippen molar-refractivity contribution in [3.8, 4) is 5.75 Å². The molecular formula is C21H27NO4. The third-order valence-electron chi connectivity index (χ3n) is 6.35. The van der Waals surface area contributed by atoms with E-state index in [0.29, 0.717) is 36.0 Å². The molecule has 5 rings (SSSR count). The molecule has 4 aliphatic rings. The standard InChI is InChI=1S/C21H27NO4/c23-20(22-12-14-1-2-15(13-22)4-3-14)16-5-8-18(9-6-16)26-19-10-7-17(11-19)21(24)25/h5-6,8-9,14-15,17,19H,1-4,7,10-13H2,(H,24,25). The number of hydrogen-bond acceptors (Lipinski definition) is 3.